The van der Waals surface area contributed by atoms with Crippen LogP contribution in [0.2, 0.25) is 0 Å². The first-order chi connectivity index (χ1) is 5.92. The molecule has 76 valence electrons. The number of aliphatic carboxylic acids is 1. The van der Waals surface area contributed by atoms with Gasteiger partial charge in [-0.15, -0.1) is 0 Å². The topological polar surface area (TPSA) is 66.4 Å². The Hall–Kier alpha value is -0.710. The third-order valence-corrected chi connectivity index (χ3v) is 2.34. The van der Waals surface area contributed by atoms with E-state index < -0.39 is 11.5 Å². The molecule has 0 heterocycles. The minimum absolute atomic E-state index is 0.314. The number of amides is 1. The summed E-state index contributed by atoms with van der Waals surface area (Å²) in [4.78, 5) is 21.6. The van der Waals surface area contributed by atoms with E-state index in [1.54, 1.807) is 11.8 Å². The molecule has 13 heavy (non-hydrogen) atoms. The second-order valence-electron chi connectivity index (χ2n) is 3.06. The molecule has 0 bridgehead atoms. The molecular weight excluding hydrogens is 190 g/mol. The minimum Gasteiger partial charge on any atom is -0.480 e. The van der Waals surface area contributed by atoms with Crippen LogP contribution in [0.3, 0.4) is 0 Å². The maximum absolute atomic E-state index is 10.8. The van der Waals surface area contributed by atoms with Gasteiger partial charge in [-0.25, -0.2) is 4.79 Å². The average molecular weight is 205 g/mol. The SMILES string of the molecule is CSCCC(C)(NC(C)=O)C(=O)O. The maximum Gasteiger partial charge on any atom is 0.329 e. The van der Waals surface area contributed by atoms with Gasteiger partial charge in [-0.05, 0) is 25.4 Å². The van der Waals surface area contributed by atoms with Crippen LogP contribution in [-0.4, -0.2) is 34.5 Å². The van der Waals surface area contributed by atoms with Crippen molar-refractivity contribution in [3.05, 3.63) is 0 Å². The van der Waals surface area contributed by atoms with Crippen LogP contribution in [0.4, 0.5) is 0 Å². The first-order valence-electron chi connectivity index (χ1n) is 3.93. The predicted molar refractivity (Wildman–Crippen MR) is 52.9 cm³/mol. The van der Waals surface area contributed by atoms with Crippen LogP contribution in [-0.2, 0) is 9.59 Å². The monoisotopic (exact) mass is 205 g/mol. The molecule has 0 aliphatic carbocycles. The minimum atomic E-state index is -1.13. The summed E-state index contributed by atoms with van der Waals surface area (Å²) >= 11 is 1.56. The van der Waals surface area contributed by atoms with Crippen molar-refractivity contribution in [3.63, 3.8) is 0 Å². The molecule has 0 aliphatic rings. The highest BCUT2D eigenvalue weighted by atomic mass is 32.2. The van der Waals surface area contributed by atoms with E-state index in [-0.39, 0.29) is 5.91 Å². The fourth-order valence-electron chi connectivity index (χ4n) is 0.918. The Morgan fingerprint density at radius 2 is 2.08 bits per heavy atom. The summed E-state index contributed by atoms with van der Waals surface area (Å²) in [5, 5.41) is 11.3. The Balaban J connectivity index is 4.34. The lowest BCUT2D eigenvalue weighted by Gasteiger charge is -2.25. The van der Waals surface area contributed by atoms with Gasteiger partial charge in [-0.3, -0.25) is 4.79 Å². The van der Waals surface area contributed by atoms with E-state index in [0.29, 0.717) is 12.2 Å². The van der Waals surface area contributed by atoms with Gasteiger partial charge in [0, 0.05) is 6.92 Å². The number of nitrogens with one attached hydrogen (secondary N) is 1. The number of hydrogen-bond acceptors (Lipinski definition) is 3. The van der Waals surface area contributed by atoms with Gasteiger partial charge < -0.3 is 10.4 Å². The van der Waals surface area contributed by atoms with E-state index in [0.717, 1.165) is 0 Å². The Labute approximate surface area is 82.1 Å². The third-order valence-electron chi connectivity index (χ3n) is 1.73. The van der Waals surface area contributed by atoms with Crippen LogP contribution in [0.15, 0.2) is 0 Å². The molecule has 0 saturated carbocycles. The molecule has 0 aliphatic heterocycles. The van der Waals surface area contributed by atoms with Gasteiger partial charge in [0.2, 0.25) is 5.91 Å². The van der Waals surface area contributed by atoms with Gasteiger partial charge in [0.05, 0.1) is 0 Å². The smallest absolute Gasteiger partial charge is 0.329 e. The average Bonchev–Trinajstić information content (AvgIpc) is 1.99. The standard InChI is InChI=1S/C8H15NO3S/c1-6(10)9-8(2,7(11)12)4-5-13-3/h4-5H2,1-3H3,(H,9,10)(H,11,12). The first-order valence-corrected chi connectivity index (χ1v) is 5.33. The highest BCUT2D eigenvalue weighted by Gasteiger charge is 2.33. The lowest BCUT2D eigenvalue weighted by Crippen LogP contribution is -2.51. The van der Waals surface area contributed by atoms with Crippen molar-refractivity contribution in [2.45, 2.75) is 25.8 Å². The zero-order valence-electron chi connectivity index (χ0n) is 8.09. The van der Waals surface area contributed by atoms with E-state index >= 15 is 0 Å². The molecule has 0 aromatic carbocycles. The lowest BCUT2D eigenvalue weighted by atomic mass is 9.99. The van der Waals surface area contributed by atoms with Crippen LogP contribution < -0.4 is 5.32 Å². The summed E-state index contributed by atoms with van der Waals surface area (Å²) in [5.41, 5.74) is -1.13. The normalized spacial score (nSPS) is 14.7. The predicted octanol–water partition coefficient (Wildman–Crippen LogP) is 0.719. The molecule has 0 rings (SSSR count). The van der Waals surface area contributed by atoms with Crippen LogP contribution in [0.25, 0.3) is 0 Å². The zero-order valence-corrected chi connectivity index (χ0v) is 8.90. The number of rotatable bonds is 5. The van der Waals surface area contributed by atoms with Crippen molar-refractivity contribution in [1.82, 2.24) is 5.32 Å². The summed E-state index contributed by atoms with van der Waals surface area (Å²) in [6.07, 6.45) is 2.33. The van der Waals surface area contributed by atoms with Gasteiger partial charge in [0.1, 0.15) is 5.54 Å². The first kappa shape index (κ1) is 12.3. The van der Waals surface area contributed by atoms with E-state index in [4.69, 9.17) is 5.11 Å². The number of hydrogen-bond donors (Lipinski definition) is 2. The molecular formula is C8H15NO3S. The summed E-state index contributed by atoms with van der Waals surface area (Å²) in [6, 6.07) is 0. The van der Waals surface area contributed by atoms with Crippen LogP contribution in [0.1, 0.15) is 20.3 Å². The van der Waals surface area contributed by atoms with Gasteiger partial charge in [0.15, 0.2) is 0 Å². The van der Waals surface area contributed by atoms with Crippen molar-refractivity contribution in [2.24, 2.45) is 0 Å². The van der Waals surface area contributed by atoms with Crippen LogP contribution >= 0.6 is 11.8 Å². The molecule has 2 N–H and O–H groups in total. The summed E-state index contributed by atoms with van der Waals surface area (Å²) in [6.45, 7) is 2.84. The number of carbonyl (C=O) groups excluding carboxylic acids is 1. The molecule has 4 nitrogen and oxygen atoms in total. The summed E-state index contributed by atoms with van der Waals surface area (Å²) in [5.74, 6) is -0.592. The fraction of sp³-hybridized carbons (Fsp3) is 0.750. The largest absolute Gasteiger partial charge is 0.480 e. The summed E-state index contributed by atoms with van der Waals surface area (Å²) < 4.78 is 0. The molecule has 5 heteroatoms. The summed E-state index contributed by atoms with van der Waals surface area (Å²) in [7, 11) is 0. The molecule has 1 atom stereocenters. The lowest BCUT2D eigenvalue weighted by molar-refractivity contribution is -0.146. The van der Waals surface area contributed by atoms with Crippen LogP contribution in [0.5, 0.6) is 0 Å². The van der Waals surface area contributed by atoms with Crippen molar-refractivity contribution in [3.8, 4) is 0 Å². The number of carbonyl (C=O) groups is 2. The van der Waals surface area contributed by atoms with E-state index in [1.165, 1.54) is 13.8 Å². The van der Waals surface area contributed by atoms with Crippen molar-refractivity contribution >= 4 is 23.6 Å². The highest BCUT2D eigenvalue weighted by molar-refractivity contribution is 7.98. The number of carboxylic acid groups (broad SMARTS) is 1. The van der Waals surface area contributed by atoms with E-state index in [2.05, 4.69) is 5.32 Å². The molecule has 1 amide bonds. The van der Waals surface area contributed by atoms with E-state index in [1.807, 2.05) is 6.26 Å². The molecule has 0 aromatic rings. The van der Waals surface area contributed by atoms with Crippen molar-refractivity contribution < 1.29 is 14.7 Å². The quantitative estimate of drug-likeness (QED) is 0.694. The molecule has 0 saturated heterocycles. The van der Waals surface area contributed by atoms with Crippen LogP contribution in [0, 0.1) is 0 Å². The molecule has 0 aromatic heterocycles. The van der Waals surface area contributed by atoms with Gasteiger partial charge in [-0.2, -0.15) is 11.8 Å². The van der Waals surface area contributed by atoms with Gasteiger partial charge in [0.25, 0.3) is 0 Å². The maximum atomic E-state index is 10.8. The number of thioether (sulfide) groups is 1. The third kappa shape index (κ3) is 4.17. The molecule has 0 radical (unpaired) electrons. The Morgan fingerprint density at radius 1 is 1.54 bits per heavy atom. The molecule has 0 fully saturated rings. The second-order valence-corrected chi connectivity index (χ2v) is 4.05. The zero-order chi connectivity index (χ0) is 10.5. The Kier molecular flexibility index (Phi) is 4.83. The molecule has 0 spiro atoms. The highest BCUT2D eigenvalue weighted by Crippen LogP contribution is 2.13. The van der Waals surface area contributed by atoms with Gasteiger partial charge in [-0.1, -0.05) is 0 Å². The Bertz CT molecular complexity index is 208. The van der Waals surface area contributed by atoms with Crippen molar-refractivity contribution in [2.75, 3.05) is 12.0 Å². The fourth-order valence-corrected chi connectivity index (χ4v) is 1.53. The van der Waals surface area contributed by atoms with Crippen molar-refractivity contribution in [1.29, 1.82) is 0 Å². The molecule has 1 unspecified atom stereocenters. The Morgan fingerprint density at radius 3 is 2.38 bits per heavy atom. The van der Waals surface area contributed by atoms with Gasteiger partial charge >= 0.3 is 5.97 Å². The number of carboxylic acids is 1. The van der Waals surface area contributed by atoms with E-state index in [9.17, 15) is 9.59 Å². The second kappa shape index (κ2) is 5.11.